The summed E-state index contributed by atoms with van der Waals surface area (Å²) >= 11 is 0. The Kier molecular flexibility index (Phi) is 6.57. The van der Waals surface area contributed by atoms with Crippen molar-refractivity contribution in [3.63, 3.8) is 0 Å². The largest absolute Gasteiger partial charge is 0.348 e. The molecule has 1 amide bonds. The lowest BCUT2D eigenvalue weighted by molar-refractivity contribution is -0.130. The van der Waals surface area contributed by atoms with Crippen LogP contribution in [-0.4, -0.2) is 63.4 Å². The van der Waals surface area contributed by atoms with Gasteiger partial charge in [-0.3, -0.25) is 14.6 Å². The van der Waals surface area contributed by atoms with Crippen LogP contribution >= 0.6 is 0 Å². The summed E-state index contributed by atoms with van der Waals surface area (Å²) in [5, 5.41) is 0. The maximum Gasteiger partial charge on any atom is 0.252 e. The Labute approximate surface area is 176 Å². The Morgan fingerprint density at radius 1 is 1.30 bits per heavy atom. The average molecular weight is 434 g/mol. The lowest BCUT2D eigenvalue weighted by atomic mass is 10.0. The summed E-state index contributed by atoms with van der Waals surface area (Å²) in [6, 6.07) is 8.05. The lowest BCUT2D eigenvalue weighted by Gasteiger charge is -2.17. The first kappa shape index (κ1) is 22.0. The van der Waals surface area contributed by atoms with Gasteiger partial charge in [-0.05, 0) is 37.6 Å². The van der Waals surface area contributed by atoms with Crippen LogP contribution in [0.15, 0.2) is 40.0 Å². The number of nitrogens with zero attached hydrogens (tertiary/aromatic N) is 3. The van der Waals surface area contributed by atoms with Gasteiger partial charge in [-0.15, -0.1) is 0 Å². The molecule has 3 rings (SSSR count). The Bertz CT molecular complexity index is 1060. The molecule has 0 saturated carbocycles. The zero-order chi connectivity index (χ0) is 21.9. The number of carbonyl (C=O) groups is 1. The molecule has 1 atom stereocenters. The highest BCUT2D eigenvalue weighted by molar-refractivity contribution is 7.89. The molecule has 1 aliphatic rings. The highest BCUT2D eigenvalue weighted by Gasteiger charge is 2.28. The molecule has 30 heavy (non-hydrogen) atoms. The zero-order valence-corrected chi connectivity index (χ0v) is 18.2. The van der Waals surface area contributed by atoms with Crippen molar-refractivity contribution >= 4 is 21.9 Å². The maximum atomic E-state index is 12.6. The number of hydrogen-bond acceptors (Lipinski definition) is 6. The number of aromatic nitrogens is 2. The Balaban J connectivity index is 1.58. The molecule has 0 unspecified atom stereocenters. The molecule has 1 aromatic carbocycles. The molecule has 1 fully saturated rings. The number of hydrogen-bond donors (Lipinski definition) is 2. The SMILES string of the molecule is CNS(=O)(=O)c1ccc(CCC(=O)N2CC[C@@H](c3cc(=O)[nH]c(N(C)C)n3)C2)cc1. The van der Waals surface area contributed by atoms with Gasteiger partial charge in [-0.25, -0.2) is 18.1 Å². The summed E-state index contributed by atoms with van der Waals surface area (Å²) in [4.78, 5) is 35.5. The lowest BCUT2D eigenvalue weighted by Crippen LogP contribution is -2.29. The number of likely N-dealkylation sites (tertiary alicyclic amines) is 1. The zero-order valence-electron chi connectivity index (χ0n) is 17.4. The highest BCUT2D eigenvalue weighted by Crippen LogP contribution is 2.26. The van der Waals surface area contributed by atoms with Crippen LogP contribution in [0.4, 0.5) is 5.95 Å². The molecule has 162 valence electrons. The van der Waals surface area contributed by atoms with Crippen LogP contribution in [0.1, 0.15) is 30.0 Å². The number of H-pyrrole nitrogens is 1. The first-order valence-electron chi connectivity index (χ1n) is 9.78. The summed E-state index contributed by atoms with van der Waals surface area (Å²) in [6.07, 6.45) is 1.65. The van der Waals surface area contributed by atoms with E-state index in [2.05, 4.69) is 14.7 Å². The minimum absolute atomic E-state index is 0.0426. The van der Waals surface area contributed by atoms with Gasteiger partial charge < -0.3 is 9.80 Å². The van der Waals surface area contributed by atoms with Crippen molar-refractivity contribution in [1.29, 1.82) is 0 Å². The molecule has 2 aromatic rings. The predicted molar refractivity (Wildman–Crippen MR) is 114 cm³/mol. The quantitative estimate of drug-likeness (QED) is 0.664. The van der Waals surface area contributed by atoms with Gasteiger partial charge in [-0.2, -0.15) is 0 Å². The molecule has 2 N–H and O–H groups in total. The van der Waals surface area contributed by atoms with Gasteiger partial charge in [-0.1, -0.05) is 12.1 Å². The van der Waals surface area contributed by atoms with Crippen LogP contribution in [0, 0.1) is 0 Å². The highest BCUT2D eigenvalue weighted by atomic mass is 32.2. The van der Waals surface area contributed by atoms with Gasteiger partial charge in [0.1, 0.15) is 0 Å². The van der Waals surface area contributed by atoms with Gasteiger partial charge in [0, 0.05) is 45.6 Å². The minimum Gasteiger partial charge on any atom is -0.348 e. The number of aryl methyl sites for hydroxylation is 1. The number of sulfonamides is 1. The second-order valence-corrected chi connectivity index (χ2v) is 9.45. The van der Waals surface area contributed by atoms with Gasteiger partial charge in [0.25, 0.3) is 5.56 Å². The summed E-state index contributed by atoms with van der Waals surface area (Å²) < 4.78 is 25.8. The normalized spacial score (nSPS) is 16.6. The standard InChI is InChI=1S/C20H27N5O4S/c1-21-30(28,29)16-7-4-14(5-8-16)6-9-19(27)25-11-10-15(13-25)17-12-18(26)23-20(22-17)24(2)3/h4-5,7-8,12,15,21H,6,9-11,13H2,1-3H3,(H,22,23,26)/t15-/m1/s1. The molecular formula is C20H27N5O4S. The van der Waals surface area contributed by atoms with Crippen LogP contribution in [0.5, 0.6) is 0 Å². The molecular weight excluding hydrogens is 406 g/mol. The van der Waals surface area contributed by atoms with E-state index in [-0.39, 0.29) is 22.3 Å². The van der Waals surface area contributed by atoms with Crippen LogP contribution < -0.4 is 15.2 Å². The van der Waals surface area contributed by atoms with E-state index < -0.39 is 10.0 Å². The third-order valence-corrected chi connectivity index (χ3v) is 6.69. The monoisotopic (exact) mass is 433 g/mol. The molecule has 9 nitrogen and oxygen atoms in total. The van der Waals surface area contributed by atoms with E-state index in [1.54, 1.807) is 29.2 Å². The number of benzene rings is 1. The first-order chi connectivity index (χ1) is 14.2. The maximum absolute atomic E-state index is 12.6. The molecule has 0 spiro atoms. The molecule has 0 radical (unpaired) electrons. The summed E-state index contributed by atoms with van der Waals surface area (Å²) in [5.41, 5.74) is 1.41. The van der Waals surface area contributed by atoms with E-state index in [1.807, 2.05) is 19.0 Å². The van der Waals surface area contributed by atoms with Crippen molar-refractivity contribution in [1.82, 2.24) is 19.6 Å². The molecule has 2 heterocycles. The Morgan fingerprint density at radius 3 is 2.63 bits per heavy atom. The molecule has 1 aliphatic heterocycles. The van der Waals surface area contributed by atoms with Crippen molar-refractivity contribution in [2.24, 2.45) is 0 Å². The van der Waals surface area contributed by atoms with Crippen molar-refractivity contribution in [3.05, 3.63) is 51.9 Å². The van der Waals surface area contributed by atoms with Crippen LogP contribution in [-0.2, 0) is 21.2 Å². The fraction of sp³-hybridized carbons (Fsp3) is 0.450. The topological polar surface area (TPSA) is 115 Å². The predicted octanol–water partition coefficient (Wildman–Crippen LogP) is 0.693. The third kappa shape index (κ3) is 5.06. The fourth-order valence-electron chi connectivity index (χ4n) is 3.47. The Morgan fingerprint density at radius 2 is 2.00 bits per heavy atom. The Hall–Kier alpha value is -2.72. The van der Waals surface area contributed by atoms with Crippen molar-refractivity contribution < 1.29 is 13.2 Å². The summed E-state index contributed by atoms with van der Waals surface area (Å²) in [7, 11) is 1.53. The van der Waals surface area contributed by atoms with E-state index in [1.165, 1.54) is 13.1 Å². The van der Waals surface area contributed by atoms with Crippen LogP contribution in [0.2, 0.25) is 0 Å². The average Bonchev–Trinajstić information content (AvgIpc) is 3.22. The van der Waals surface area contributed by atoms with Gasteiger partial charge in [0.2, 0.25) is 21.9 Å². The second-order valence-electron chi connectivity index (χ2n) is 7.57. The van der Waals surface area contributed by atoms with E-state index in [0.29, 0.717) is 37.6 Å². The van der Waals surface area contributed by atoms with Crippen LogP contribution in [0.3, 0.4) is 0 Å². The third-order valence-electron chi connectivity index (χ3n) is 5.26. The summed E-state index contributed by atoms with van der Waals surface area (Å²) in [6.45, 7) is 1.18. The van der Waals surface area contributed by atoms with E-state index >= 15 is 0 Å². The van der Waals surface area contributed by atoms with Gasteiger partial charge in [0.05, 0.1) is 10.6 Å². The molecule has 1 saturated heterocycles. The fourth-order valence-corrected chi connectivity index (χ4v) is 4.20. The number of nitrogens with one attached hydrogen (secondary N) is 2. The summed E-state index contributed by atoms with van der Waals surface area (Å²) in [5.74, 6) is 0.592. The van der Waals surface area contributed by atoms with E-state index in [9.17, 15) is 18.0 Å². The molecule has 0 bridgehead atoms. The minimum atomic E-state index is -3.46. The van der Waals surface area contributed by atoms with Gasteiger partial charge >= 0.3 is 0 Å². The molecule has 1 aromatic heterocycles. The van der Waals surface area contributed by atoms with Crippen molar-refractivity contribution in [3.8, 4) is 0 Å². The number of carbonyl (C=O) groups excluding carboxylic acids is 1. The van der Waals surface area contributed by atoms with Crippen molar-refractivity contribution in [2.75, 3.05) is 39.1 Å². The van der Waals surface area contributed by atoms with E-state index in [4.69, 9.17) is 0 Å². The number of amides is 1. The second kappa shape index (κ2) is 8.97. The molecule has 0 aliphatic carbocycles. The van der Waals surface area contributed by atoms with Gasteiger partial charge in [0.15, 0.2) is 0 Å². The van der Waals surface area contributed by atoms with Crippen LogP contribution in [0.25, 0.3) is 0 Å². The van der Waals surface area contributed by atoms with E-state index in [0.717, 1.165) is 12.0 Å². The number of aromatic amines is 1. The first-order valence-corrected chi connectivity index (χ1v) is 11.3. The number of rotatable bonds is 7. The number of anilines is 1. The smallest absolute Gasteiger partial charge is 0.252 e. The van der Waals surface area contributed by atoms with Crippen molar-refractivity contribution in [2.45, 2.75) is 30.1 Å². The molecule has 10 heteroatoms.